The van der Waals surface area contributed by atoms with Crippen molar-refractivity contribution in [1.29, 1.82) is 0 Å². The van der Waals surface area contributed by atoms with Gasteiger partial charge in [-0.25, -0.2) is 4.79 Å². The Bertz CT molecular complexity index is 1750. The van der Waals surface area contributed by atoms with Gasteiger partial charge < -0.3 is 23.4 Å². The highest BCUT2D eigenvalue weighted by molar-refractivity contribution is 9.09. The Morgan fingerprint density at radius 3 is 1.53 bits per heavy atom. The molecule has 1 heterocycles. The first-order valence-corrected chi connectivity index (χ1v) is 20.2. The fraction of sp³-hybridized carbons (Fsp3) is 0.279. The van der Waals surface area contributed by atoms with Crippen molar-refractivity contribution in [2.24, 2.45) is 0 Å². The van der Waals surface area contributed by atoms with Crippen molar-refractivity contribution in [3.05, 3.63) is 168 Å². The molecule has 0 N–H and O–H groups in total. The monoisotopic (exact) mass is 764 g/mol. The average molecular weight is 766 g/mol. The maximum absolute atomic E-state index is 13.5. The van der Waals surface area contributed by atoms with Crippen LogP contribution in [0.5, 0.6) is 0 Å². The van der Waals surface area contributed by atoms with Crippen LogP contribution in [0.4, 0.5) is 0 Å². The smallest absolute Gasteiger partial charge is 0.338 e. The predicted octanol–water partition coefficient (Wildman–Crippen LogP) is 8.08. The Hall–Kier alpha value is -3.89. The molecule has 5 atom stereocenters. The zero-order valence-corrected chi connectivity index (χ0v) is 31.9. The van der Waals surface area contributed by atoms with E-state index in [0.717, 1.165) is 11.1 Å². The topological polar surface area (TPSA) is 63.2 Å². The first kappa shape index (κ1) is 36.9. The van der Waals surface area contributed by atoms with Gasteiger partial charge in [0, 0.05) is 0 Å². The molecule has 8 heteroatoms. The summed E-state index contributed by atoms with van der Waals surface area (Å²) in [5.41, 5.74) is 2.44. The molecule has 1 aliphatic heterocycles. The molecule has 5 aromatic carbocycles. The number of esters is 1. The molecular weight excluding hydrogens is 720 g/mol. The van der Waals surface area contributed by atoms with E-state index >= 15 is 0 Å². The zero-order chi connectivity index (χ0) is 35.7. The minimum atomic E-state index is -2.93. The normalized spacial score (nSPS) is 20.8. The van der Waals surface area contributed by atoms with Crippen LogP contribution in [0.15, 0.2) is 152 Å². The highest BCUT2D eigenvalue weighted by Gasteiger charge is 2.53. The largest absolute Gasteiger partial charge is 0.452 e. The number of hydrogen-bond donors (Lipinski definition) is 0. The Morgan fingerprint density at radius 1 is 0.627 bits per heavy atom. The van der Waals surface area contributed by atoms with Crippen molar-refractivity contribution in [1.82, 2.24) is 0 Å². The van der Waals surface area contributed by atoms with Crippen LogP contribution in [-0.2, 0) is 36.6 Å². The van der Waals surface area contributed by atoms with E-state index in [1.165, 1.54) is 10.4 Å². The summed E-state index contributed by atoms with van der Waals surface area (Å²) < 4.78 is 33.8. The van der Waals surface area contributed by atoms with E-state index in [1.54, 1.807) is 12.1 Å². The summed E-state index contributed by atoms with van der Waals surface area (Å²) in [5, 5.41) is 1.40. The Morgan fingerprint density at radius 2 is 1.06 bits per heavy atom. The van der Waals surface area contributed by atoms with Crippen molar-refractivity contribution in [3.63, 3.8) is 0 Å². The summed E-state index contributed by atoms with van der Waals surface area (Å²) in [4.78, 5) is 13.5. The van der Waals surface area contributed by atoms with Gasteiger partial charge in [0.25, 0.3) is 8.32 Å². The first-order valence-electron chi connectivity index (χ1n) is 17.4. The third-order valence-electron chi connectivity index (χ3n) is 9.28. The molecular formula is C43H45BrO6Si. The summed E-state index contributed by atoms with van der Waals surface area (Å²) in [6.07, 6.45) is -2.76. The lowest BCUT2D eigenvalue weighted by atomic mass is 9.99. The predicted molar refractivity (Wildman–Crippen MR) is 207 cm³/mol. The number of carbonyl (C=O) groups excluding carboxylic acids is 1. The lowest BCUT2D eigenvalue weighted by Crippen LogP contribution is -2.68. The quantitative estimate of drug-likeness (QED) is 0.0687. The van der Waals surface area contributed by atoms with E-state index in [9.17, 15) is 4.79 Å². The maximum Gasteiger partial charge on any atom is 0.338 e. The van der Waals surface area contributed by atoms with Crippen molar-refractivity contribution >= 4 is 40.6 Å². The molecule has 1 fully saturated rings. The number of alkyl halides is 1. The average Bonchev–Trinajstić information content (AvgIpc) is 3.16. The zero-order valence-electron chi connectivity index (χ0n) is 29.3. The van der Waals surface area contributed by atoms with E-state index in [4.69, 9.17) is 23.4 Å². The van der Waals surface area contributed by atoms with Crippen LogP contribution in [-0.4, -0.2) is 50.3 Å². The standard InChI is InChI=1S/C43H45BrO6Si/c1-43(2,3)51(35-25-15-7-16-26-35,36-27-17-8-18-28-36)48-31-37-38(46-29-32-19-9-4-10-20-32)39(47-30-33-21-11-5-12-22-33)40(41(44)49-37)50-42(45)34-23-13-6-14-24-34/h4-28,37-41H,29-31H2,1-3H3. The molecule has 0 saturated carbocycles. The summed E-state index contributed by atoms with van der Waals surface area (Å²) in [6.45, 7) is 7.58. The minimum absolute atomic E-state index is 0.222. The fourth-order valence-electron chi connectivity index (χ4n) is 6.78. The molecule has 264 valence electrons. The van der Waals surface area contributed by atoms with Gasteiger partial charge in [0.1, 0.15) is 18.3 Å². The minimum Gasteiger partial charge on any atom is -0.452 e. The van der Waals surface area contributed by atoms with Gasteiger partial charge in [-0.05, 0) is 38.7 Å². The van der Waals surface area contributed by atoms with E-state index in [1.807, 2.05) is 91.0 Å². The lowest BCUT2D eigenvalue weighted by Gasteiger charge is -2.47. The number of hydrogen-bond acceptors (Lipinski definition) is 6. The van der Waals surface area contributed by atoms with Crippen LogP contribution < -0.4 is 10.4 Å². The molecule has 0 aliphatic carbocycles. The third kappa shape index (κ3) is 8.77. The molecule has 51 heavy (non-hydrogen) atoms. The van der Waals surface area contributed by atoms with Gasteiger partial charge in [-0.15, -0.1) is 0 Å². The molecule has 0 amide bonds. The second kappa shape index (κ2) is 17.1. The molecule has 5 aromatic rings. The van der Waals surface area contributed by atoms with E-state index in [-0.39, 0.29) is 18.3 Å². The van der Waals surface area contributed by atoms with Gasteiger partial charge in [0.15, 0.2) is 11.1 Å². The fourth-order valence-corrected chi connectivity index (χ4v) is 12.0. The maximum atomic E-state index is 13.5. The Kier molecular flexibility index (Phi) is 12.4. The van der Waals surface area contributed by atoms with Gasteiger partial charge in [0.05, 0.1) is 25.4 Å². The number of ether oxygens (including phenoxy) is 4. The molecule has 1 saturated heterocycles. The summed E-state index contributed by atoms with van der Waals surface area (Å²) >= 11 is 3.76. The SMILES string of the molecule is CC(C)(C)[Si](OCC1OC(Br)C(OC(=O)c2ccccc2)C(OCc2ccccc2)C1OCc1ccccc1)(c1ccccc1)c1ccccc1. The molecule has 1 aliphatic rings. The molecule has 0 aromatic heterocycles. The second-order valence-electron chi connectivity index (χ2n) is 13.8. The van der Waals surface area contributed by atoms with E-state index < -0.39 is 43.7 Å². The summed E-state index contributed by atoms with van der Waals surface area (Å²) in [7, 11) is -2.93. The highest BCUT2D eigenvalue weighted by Crippen LogP contribution is 2.39. The van der Waals surface area contributed by atoms with Crippen LogP contribution in [0.3, 0.4) is 0 Å². The van der Waals surface area contributed by atoms with Crippen LogP contribution in [0.25, 0.3) is 0 Å². The van der Waals surface area contributed by atoms with Gasteiger partial charge >= 0.3 is 5.97 Å². The van der Waals surface area contributed by atoms with Gasteiger partial charge in [-0.2, -0.15) is 0 Å². The van der Waals surface area contributed by atoms with Gasteiger partial charge in [-0.1, -0.05) is 176 Å². The Labute approximate surface area is 310 Å². The number of benzene rings is 5. The molecule has 5 unspecified atom stereocenters. The van der Waals surface area contributed by atoms with Gasteiger partial charge in [-0.3, -0.25) is 0 Å². The summed E-state index contributed by atoms with van der Waals surface area (Å²) in [6, 6.07) is 50.0. The Balaban J connectivity index is 1.38. The number of rotatable bonds is 13. The molecule has 0 bridgehead atoms. The number of halogens is 1. The van der Waals surface area contributed by atoms with Crippen LogP contribution in [0.1, 0.15) is 42.3 Å². The third-order valence-corrected chi connectivity index (χ3v) is 15.0. The molecule has 6 nitrogen and oxygen atoms in total. The molecule has 0 spiro atoms. The second-order valence-corrected chi connectivity index (χ2v) is 19.0. The first-order chi connectivity index (χ1) is 24.8. The van der Waals surface area contributed by atoms with Crippen LogP contribution in [0, 0.1) is 0 Å². The van der Waals surface area contributed by atoms with Crippen molar-refractivity contribution < 1.29 is 28.2 Å². The van der Waals surface area contributed by atoms with Crippen molar-refractivity contribution in [3.8, 4) is 0 Å². The lowest BCUT2D eigenvalue weighted by molar-refractivity contribution is -0.237. The van der Waals surface area contributed by atoms with E-state index in [0.29, 0.717) is 12.2 Å². The summed E-state index contributed by atoms with van der Waals surface area (Å²) in [5.74, 6) is -0.467. The van der Waals surface area contributed by atoms with Crippen LogP contribution in [0.2, 0.25) is 5.04 Å². The van der Waals surface area contributed by atoms with Gasteiger partial charge in [0.2, 0.25) is 0 Å². The molecule has 0 radical (unpaired) electrons. The number of carbonyl (C=O) groups is 1. The van der Waals surface area contributed by atoms with E-state index in [2.05, 4.69) is 85.2 Å². The highest BCUT2D eigenvalue weighted by atomic mass is 79.9. The van der Waals surface area contributed by atoms with Crippen molar-refractivity contribution in [2.75, 3.05) is 6.61 Å². The van der Waals surface area contributed by atoms with Crippen molar-refractivity contribution in [2.45, 2.75) is 68.5 Å². The van der Waals surface area contributed by atoms with Crippen LogP contribution >= 0.6 is 15.9 Å². The molecule has 6 rings (SSSR count).